The van der Waals surface area contributed by atoms with Gasteiger partial charge in [-0.15, -0.1) is 0 Å². The lowest BCUT2D eigenvalue weighted by Gasteiger charge is -2.11. The number of aromatic nitrogens is 4. The summed E-state index contributed by atoms with van der Waals surface area (Å²) < 4.78 is 16.8. The number of amides is 1. The number of ether oxygens (including phenoxy) is 3. The highest BCUT2D eigenvalue weighted by Gasteiger charge is 2.12. The number of carbonyl (C=O) groups is 1. The molecule has 4 aromatic rings. The number of fused-ring (bicyclic) bond motifs is 1. The molecule has 0 unspecified atom stereocenters. The van der Waals surface area contributed by atoms with Crippen molar-refractivity contribution in [1.82, 2.24) is 19.9 Å². The van der Waals surface area contributed by atoms with E-state index in [1.165, 1.54) is 6.08 Å². The largest absolute Gasteiger partial charge is 0.475 e. The molecule has 0 spiro atoms. The average Bonchev–Trinajstić information content (AvgIpc) is 3.32. The van der Waals surface area contributed by atoms with Gasteiger partial charge in [-0.25, -0.2) is 4.98 Å². The minimum atomic E-state index is -0.307. The van der Waals surface area contributed by atoms with Crippen molar-refractivity contribution in [3.8, 4) is 17.5 Å². The van der Waals surface area contributed by atoms with E-state index >= 15 is 0 Å². The lowest BCUT2D eigenvalue weighted by Crippen LogP contribution is -2.07. The second kappa shape index (κ2) is 10.9. The van der Waals surface area contributed by atoms with Gasteiger partial charge in [0.15, 0.2) is 0 Å². The smallest absolute Gasteiger partial charge is 0.247 e. The Morgan fingerprint density at radius 1 is 1.15 bits per heavy atom. The van der Waals surface area contributed by atoms with E-state index in [0.717, 1.165) is 0 Å². The summed E-state index contributed by atoms with van der Waals surface area (Å²) in [4.78, 5) is 28.0. The van der Waals surface area contributed by atoms with Crippen molar-refractivity contribution in [1.29, 1.82) is 0 Å². The maximum Gasteiger partial charge on any atom is 0.247 e. The summed E-state index contributed by atoms with van der Waals surface area (Å²) in [7, 11) is 0. The highest BCUT2D eigenvalue weighted by Crippen LogP contribution is 2.30. The molecule has 1 aromatic carbocycles. The zero-order valence-corrected chi connectivity index (χ0v) is 18.6. The Kier molecular flexibility index (Phi) is 7.31. The topological polar surface area (TPSA) is 123 Å². The number of aromatic amines is 1. The Bertz CT molecular complexity index is 1270. The summed E-state index contributed by atoms with van der Waals surface area (Å²) in [6.45, 7) is 6.97. The molecule has 3 N–H and O–H groups in total. The van der Waals surface area contributed by atoms with Crippen molar-refractivity contribution < 1.29 is 19.0 Å². The molecular weight excluding hydrogens is 436 g/mol. The Balaban J connectivity index is 1.50. The van der Waals surface area contributed by atoms with Gasteiger partial charge in [0, 0.05) is 30.6 Å². The van der Waals surface area contributed by atoms with Gasteiger partial charge < -0.3 is 29.8 Å². The molecule has 0 bridgehead atoms. The van der Waals surface area contributed by atoms with Crippen LogP contribution in [0.2, 0.25) is 0 Å². The van der Waals surface area contributed by atoms with Crippen LogP contribution >= 0.6 is 0 Å². The van der Waals surface area contributed by atoms with Gasteiger partial charge in [-0.3, -0.25) is 4.79 Å². The second-order valence-corrected chi connectivity index (χ2v) is 6.97. The number of benzene rings is 1. The molecule has 1 amide bonds. The van der Waals surface area contributed by atoms with Crippen molar-refractivity contribution >= 4 is 34.3 Å². The molecule has 3 heterocycles. The van der Waals surface area contributed by atoms with Crippen molar-refractivity contribution in [2.24, 2.45) is 0 Å². The van der Waals surface area contributed by atoms with Gasteiger partial charge in [0.05, 0.1) is 23.9 Å². The van der Waals surface area contributed by atoms with Crippen molar-refractivity contribution in [2.75, 3.05) is 30.5 Å². The number of hydrogen-bond acceptors (Lipinski definition) is 8. The van der Waals surface area contributed by atoms with E-state index in [-0.39, 0.29) is 5.91 Å². The van der Waals surface area contributed by atoms with Crippen molar-refractivity contribution in [3.63, 3.8) is 0 Å². The minimum absolute atomic E-state index is 0.307. The number of anilines is 3. The zero-order chi connectivity index (χ0) is 23.8. The highest BCUT2D eigenvalue weighted by molar-refractivity contribution is 5.99. The molecule has 0 aliphatic rings. The molecule has 174 valence electrons. The van der Waals surface area contributed by atoms with E-state index in [1.54, 1.807) is 42.7 Å². The van der Waals surface area contributed by atoms with Crippen molar-refractivity contribution in [3.05, 3.63) is 67.5 Å². The van der Waals surface area contributed by atoms with E-state index < -0.39 is 0 Å². The van der Waals surface area contributed by atoms with Crippen LogP contribution in [0.1, 0.15) is 6.92 Å². The molecule has 3 aromatic heterocycles. The molecule has 0 fully saturated rings. The fourth-order valence-corrected chi connectivity index (χ4v) is 3.01. The predicted octanol–water partition coefficient (Wildman–Crippen LogP) is 4.43. The number of carbonyl (C=O) groups excluding carboxylic acids is 1. The summed E-state index contributed by atoms with van der Waals surface area (Å²) in [5, 5.41) is 6.54. The van der Waals surface area contributed by atoms with Crippen molar-refractivity contribution in [2.45, 2.75) is 6.92 Å². The van der Waals surface area contributed by atoms with Crippen LogP contribution in [0.25, 0.3) is 11.0 Å². The van der Waals surface area contributed by atoms with Crippen LogP contribution in [0, 0.1) is 0 Å². The van der Waals surface area contributed by atoms with Crippen LogP contribution in [-0.4, -0.2) is 45.7 Å². The fraction of sp³-hybridized carbons (Fsp3) is 0.167. The van der Waals surface area contributed by atoms with Crippen LogP contribution in [0.4, 0.5) is 17.3 Å². The number of nitrogens with zero attached hydrogens (tertiary/aromatic N) is 3. The summed E-state index contributed by atoms with van der Waals surface area (Å²) in [6, 6.07) is 12.4. The molecule has 0 atom stereocenters. The van der Waals surface area contributed by atoms with E-state index in [1.807, 2.05) is 19.1 Å². The average molecular weight is 460 g/mol. The normalized spacial score (nSPS) is 10.6. The van der Waals surface area contributed by atoms with Crippen LogP contribution in [0.3, 0.4) is 0 Å². The third-order valence-corrected chi connectivity index (χ3v) is 4.56. The SMILES string of the molecule is C=CC(=O)Nc1cccc(Oc2nc(Nc3ccc(OCCOCC)nc3)nc3[nH]ccc23)c1. The molecule has 34 heavy (non-hydrogen) atoms. The van der Waals surface area contributed by atoms with E-state index in [9.17, 15) is 4.79 Å². The Morgan fingerprint density at radius 2 is 2.06 bits per heavy atom. The molecule has 0 radical (unpaired) electrons. The zero-order valence-electron chi connectivity index (χ0n) is 18.6. The third kappa shape index (κ3) is 5.87. The lowest BCUT2D eigenvalue weighted by atomic mass is 10.3. The first-order valence-corrected chi connectivity index (χ1v) is 10.6. The molecule has 10 heteroatoms. The third-order valence-electron chi connectivity index (χ3n) is 4.56. The van der Waals surface area contributed by atoms with Gasteiger partial charge in [-0.1, -0.05) is 12.6 Å². The Labute approximate surface area is 196 Å². The second-order valence-electron chi connectivity index (χ2n) is 6.97. The van der Waals surface area contributed by atoms with Crippen LogP contribution in [0.15, 0.2) is 67.5 Å². The molecule has 0 saturated carbocycles. The van der Waals surface area contributed by atoms with Gasteiger partial charge in [0.2, 0.25) is 23.6 Å². The van der Waals surface area contributed by atoms with E-state index in [4.69, 9.17) is 14.2 Å². The van der Waals surface area contributed by atoms with Gasteiger partial charge in [-0.05, 0) is 37.3 Å². The number of pyridine rings is 1. The number of nitrogens with one attached hydrogen (secondary N) is 3. The maximum absolute atomic E-state index is 11.6. The first kappa shape index (κ1) is 22.7. The summed E-state index contributed by atoms with van der Waals surface area (Å²) in [5.74, 6) is 1.37. The monoisotopic (exact) mass is 460 g/mol. The Hall–Kier alpha value is -4.44. The first-order valence-electron chi connectivity index (χ1n) is 10.6. The lowest BCUT2D eigenvalue weighted by molar-refractivity contribution is -0.111. The standard InChI is InChI=1S/C24H24N6O4/c1-3-20(31)27-16-6-5-7-18(14-16)34-23-19-10-11-25-22(19)29-24(30-23)28-17-8-9-21(26-15-17)33-13-12-32-4-2/h3,5-11,14-15H,1,4,12-13H2,2H3,(H,27,31)(H2,25,28,29,30). The van der Waals surface area contributed by atoms with Gasteiger partial charge in [-0.2, -0.15) is 9.97 Å². The molecule has 0 aliphatic carbocycles. The number of H-pyrrole nitrogens is 1. The highest BCUT2D eigenvalue weighted by atomic mass is 16.5. The summed E-state index contributed by atoms with van der Waals surface area (Å²) in [6.07, 6.45) is 4.59. The van der Waals surface area contributed by atoms with Gasteiger partial charge in [0.1, 0.15) is 18.0 Å². The Morgan fingerprint density at radius 3 is 2.85 bits per heavy atom. The van der Waals surface area contributed by atoms with Gasteiger partial charge in [0.25, 0.3) is 0 Å². The first-order chi connectivity index (χ1) is 16.6. The van der Waals surface area contributed by atoms with E-state index in [0.29, 0.717) is 65.7 Å². The summed E-state index contributed by atoms with van der Waals surface area (Å²) in [5.41, 5.74) is 1.87. The number of rotatable bonds is 11. The summed E-state index contributed by atoms with van der Waals surface area (Å²) >= 11 is 0. The molecule has 10 nitrogen and oxygen atoms in total. The molecular formula is C24H24N6O4. The minimum Gasteiger partial charge on any atom is -0.475 e. The molecule has 4 rings (SSSR count). The molecule has 0 aliphatic heterocycles. The number of hydrogen-bond donors (Lipinski definition) is 3. The fourth-order valence-electron chi connectivity index (χ4n) is 3.01. The van der Waals surface area contributed by atoms with E-state index in [2.05, 4.69) is 37.1 Å². The van der Waals surface area contributed by atoms with Crippen LogP contribution in [-0.2, 0) is 9.53 Å². The van der Waals surface area contributed by atoms with Crippen LogP contribution < -0.4 is 20.1 Å². The molecule has 0 saturated heterocycles. The van der Waals surface area contributed by atoms with Gasteiger partial charge >= 0.3 is 0 Å². The maximum atomic E-state index is 11.6. The predicted molar refractivity (Wildman–Crippen MR) is 129 cm³/mol. The van der Waals surface area contributed by atoms with Crippen LogP contribution in [0.5, 0.6) is 17.5 Å². The quantitative estimate of drug-likeness (QED) is 0.222.